The molecule has 1 N–H and O–H groups in total. The molecule has 8 heteroatoms. The Labute approximate surface area is 122 Å². The van der Waals surface area contributed by atoms with Gasteiger partial charge in [-0.25, -0.2) is 12.8 Å². The lowest BCUT2D eigenvalue weighted by Gasteiger charge is -2.26. The zero-order chi connectivity index (χ0) is 15.5. The average Bonchev–Trinajstić information content (AvgIpc) is 2.48. The fourth-order valence-corrected chi connectivity index (χ4v) is 3.47. The van der Waals surface area contributed by atoms with Gasteiger partial charge in [-0.3, -0.25) is 4.79 Å². The number of morpholine rings is 1. The summed E-state index contributed by atoms with van der Waals surface area (Å²) >= 11 is 0. The molecule has 0 aromatic heterocycles. The van der Waals surface area contributed by atoms with Crippen molar-refractivity contribution in [3.05, 3.63) is 29.6 Å². The van der Waals surface area contributed by atoms with Crippen LogP contribution in [0.2, 0.25) is 0 Å². The first-order chi connectivity index (χ1) is 9.96. The van der Waals surface area contributed by atoms with Crippen LogP contribution in [0.5, 0.6) is 0 Å². The minimum absolute atomic E-state index is 0.0907. The molecule has 0 saturated carbocycles. The summed E-state index contributed by atoms with van der Waals surface area (Å²) in [6.07, 6.45) is 0. The molecule has 1 heterocycles. The summed E-state index contributed by atoms with van der Waals surface area (Å²) in [5.74, 6) is -1.38. The number of carbonyl (C=O) groups is 1. The molecule has 1 amide bonds. The quantitative estimate of drug-likeness (QED) is 0.882. The molecule has 21 heavy (non-hydrogen) atoms. The van der Waals surface area contributed by atoms with Crippen LogP contribution in [0.25, 0.3) is 0 Å². The summed E-state index contributed by atoms with van der Waals surface area (Å²) < 4.78 is 45.0. The van der Waals surface area contributed by atoms with E-state index in [1.807, 2.05) is 0 Å². The number of nitrogens with one attached hydrogen (secondary N) is 1. The van der Waals surface area contributed by atoms with Gasteiger partial charge in [0.25, 0.3) is 5.91 Å². The number of amides is 1. The van der Waals surface area contributed by atoms with Crippen molar-refractivity contribution < 1.29 is 22.3 Å². The lowest BCUT2D eigenvalue weighted by molar-refractivity contribution is 0.0730. The molecule has 1 saturated heterocycles. The third-order valence-corrected chi connectivity index (χ3v) is 5.02. The largest absolute Gasteiger partial charge is 0.379 e. The van der Waals surface area contributed by atoms with Gasteiger partial charge in [-0.1, -0.05) is 0 Å². The molecule has 0 atom stereocenters. The van der Waals surface area contributed by atoms with Crippen LogP contribution in [0, 0.1) is 5.82 Å². The monoisotopic (exact) mass is 316 g/mol. The molecule has 0 spiro atoms. The number of ether oxygens (including phenoxy) is 1. The van der Waals surface area contributed by atoms with E-state index in [-0.39, 0.29) is 23.5 Å². The number of benzene rings is 1. The average molecular weight is 316 g/mol. The van der Waals surface area contributed by atoms with Gasteiger partial charge in [0.2, 0.25) is 10.0 Å². The number of carbonyl (C=O) groups excluding carboxylic acids is 1. The highest BCUT2D eigenvalue weighted by Gasteiger charge is 2.27. The maximum atomic E-state index is 13.7. The molecule has 0 aliphatic carbocycles. The van der Waals surface area contributed by atoms with Crippen molar-refractivity contribution in [2.45, 2.75) is 11.8 Å². The zero-order valence-electron chi connectivity index (χ0n) is 11.6. The van der Waals surface area contributed by atoms with Crippen molar-refractivity contribution in [1.82, 2.24) is 9.62 Å². The Kier molecular flexibility index (Phi) is 4.92. The third-order valence-electron chi connectivity index (χ3n) is 3.13. The highest BCUT2D eigenvalue weighted by Crippen LogP contribution is 2.20. The van der Waals surface area contributed by atoms with Gasteiger partial charge in [-0.05, 0) is 25.1 Å². The molecular weight excluding hydrogens is 299 g/mol. The molecule has 1 aliphatic rings. The summed E-state index contributed by atoms with van der Waals surface area (Å²) in [5, 5.41) is 2.45. The summed E-state index contributed by atoms with van der Waals surface area (Å²) in [4.78, 5) is 11.7. The first kappa shape index (κ1) is 15.9. The number of rotatable bonds is 4. The Balaban J connectivity index is 2.35. The summed E-state index contributed by atoms with van der Waals surface area (Å²) in [6, 6.07) is 3.24. The van der Waals surface area contributed by atoms with E-state index in [9.17, 15) is 17.6 Å². The summed E-state index contributed by atoms with van der Waals surface area (Å²) in [5.41, 5.74) is -0.272. The molecule has 116 valence electrons. The van der Waals surface area contributed by atoms with Gasteiger partial charge in [-0.15, -0.1) is 0 Å². The van der Waals surface area contributed by atoms with Crippen molar-refractivity contribution >= 4 is 15.9 Å². The number of nitrogens with zero attached hydrogens (tertiary/aromatic N) is 1. The van der Waals surface area contributed by atoms with Crippen LogP contribution in [0.15, 0.2) is 23.1 Å². The second-order valence-electron chi connectivity index (χ2n) is 4.52. The first-order valence-corrected chi connectivity index (χ1v) is 8.06. The molecule has 1 fully saturated rings. The Hall–Kier alpha value is -1.51. The van der Waals surface area contributed by atoms with Crippen LogP contribution in [-0.2, 0) is 14.8 Å². The Bertz CT molecular complexity index is 627. The molecular formula is C13H17FN2O4S. The van der Waals surface area contributed by atoms with Crippen molar-refractivity contribution in [3.8, 4) is 0 Å². The fraction of sp³-hybridized carbons (Fsp3) is 0.462. The predicted octanol–water partition coefficient (Wildman–Crippen LogP) is 0.596. The minimum atomic E-state index is -3.74. The minimum Gasteiger partial charge on any atom is -0.379 e. The predicted molar refractivity (Wildman–Crippen MR) is 74.0 cm³/mol. The van der Waals surface area contributed by atoms with Gasteiger partial charge >= 0.3 is 0 Å². The van der Waals surface area contributed by atoms with Crippen LogP contribution in [0.3, 0.4) is 0 Å². The van der Waals surface area contributed by atoms with E-state index in [4.69, 9.17) is 4.74 Å². The molecule has 1 aliphatic heterocycles. The molecule has 0 radical (unpaired) electrons. The maximum absolute atomic E-state index is 13.7. The van der Waals surface area contributed by atoms with Crippen LogP contribution in [0.1, 0.15) is 17.3 Å². The highest BCUT2D eigenvalue weighted by molar-refractivity contribution is 7.89. The number of hydrogen-bond donors (Lipinski definition) is 1. The van der Waals surface area contributed by atoms with E-state index in [2.05, 4.69) is 5.32 Å². The summed E-state index contributed by atoms with van der Waals surface area (Å²) in [6.45, 7) is 3.17. The SMILES string of the molecule is CCNC(=O)c1cc(S(=O)(=O)N2CCOCC2)ccc1F. The van der Waals surface area contributed by atoms with Crippen LogP contribution >= 0.6 is 0 Å². The molecule has 0 unspecified atom stereocenters. The second-order valence-corrected chi connectivity index (χ2v) is 6.46. The van der Waals surface area contributed by atoms with Crippen molar-refractivity contribution in [2.24, 2.45) is 0 Å². The number of hydrogen-bond acceptors (Lipinski definition) is 4. The van der Waals surface area contributed by atoms with Crippen LogP contribution in [-0.4, -0.2) is 51.5 Å². The van der Waals surface area contributed by atoms with E-state index in [1.54, 1.807) is 6.92 Å². The second kappa shape index (κ2) is 6.50. The van der Waals surface area contributed by atoms with E-state index in [0.29, 0.717) is 19.8 Å². The fourth-order valence-electron chi connectivity index (χ4n) is 2.03. The smallest absolute Gasteiger partial charge is 0.254 e. The van der Waals surface area contributed by atoms with E-state index >= 15 is 0 Å². The van der Waals surface area contributed by atoms with Gasteiger partial charge in [0.05, 0.1) is 23.7 Å². The molecule has 0 bridgehead atoms. The van der Waals surface area contributed by atoms with Gasteiger partial charge in [-0.2, -0.15) is 4.31 Å². The molecule has 2 rings (SSSR count). The van der Waals surface area contributed by atoms with Gasteiger partial charge in [0.1, 0.15) is 5.82 Å². The molecule has 1 aromatic rings. The third kappa shape index (κ3) is 3.39. The highest BCUT2D eigenvalue weighted by atomic mass is 32.2. The first-order valence-electron chi connectivity index (χ1n) is 6.62. The zero-order valence-corrected chi connectivity index (χ0v) is 12.5. The molecule has 1 aromatic carbocycles. The lowest BCUT2D eigenvalue weighted by atomic mass is 10.2. The lowest BCUT2D eigenvalue weighted by Crippen LogP contribution is -2.40. The summed E-state index contributed by atoms with van der Waals surface area (Å²) in [7, 11) is -3.74. The Morgan fingerprint density at radius 2 is 2.05 bits per heavy atom. The molecule has 6 nitrogen and oxygen atoms in total. The van der Waals surface area contributed by atoms with Gasteiger partial charge < -0.3 is 10.1 Å². The van der Waals surface area contributed by atoms with Crippen LogP contribution in [0.4, 0.5) is 4.39 Å². The standard InChI is InChI=1S/C13H17FN2O4S/c1-2-15-13(17)11-9-10(3-4-12(11)14)21(18,19)16-5-7-20-8-6-16/h3-4,9H,2,5-8H2,1H3,(H,15,17). The van der Waals surface area contributed by atoms with Crippen molar-refractivity contribution in [3.63, 3.8) is 0 Å². The Morgan fingerprint density at radius 3 is 2.67 bits per heavy atom. The van der Waals surface area contributed by atoms with Crippen molar-refractivity contribution in [1.29, 1.82) is 0 Å². The van der Waals surface area contributed by atoms with Gasteiger partial charge in [0, 0.05) is 19.6 Å². The van der Waals surface area contributed by atoms with E-state index in [0.717, 1.165) is 12.1 Å². The number of halogens is 1. The maximum Gasteiger partial charge on any atom is 0.254 e. The topological polar surface area (TPSA) is 75.7 Å². The number of sulfonamides is 1. The van der Waals surface area contributed by atoms with Crippen molar-refractivity contribution in [2.75, 3.05) is 32.8 Å². The van der Waals surface area contributed by atoms with Gasteiger partial charge in [0.15, 0.2) is 0 Å². The van der Waals surface area contributed by atoms with Crippen LogP contribution < -0.4 is 5.32 Å². The normalized spacial score (nSPS) is 16.7. The van der Waals surface area contributed by atoms with E-state index < -0.39 is 21.7 Å². The van der Waals surface area contributed by atoms with E-state index in [1.165, 1.54) is 10.4 Å². The Morgan fingerprint density at radius 1 is 1.38 bits per heavy atom.